The van der Waals surface area contributed by atoms with Gasteiger partial charge in [-0.2, -0.15) is 5.26 Å². The van der Waals surface area contributed by atoms with Crippen LogP contribution in [-0.2, 0) is 16.7 Å². The van der Waals surface area contributed by atoms with Gasteiger partial charge in [0.25, 0.3) is 0 Å². The third kappa shape index (κ3) is 3.08. The molecule has 5 heteroatoms. The van der Waals surface area contributed by atoms with Crippen molar-refractivity contribution in [2.45, 2.75) is 29.8 Å². The maximum absolute atomic E-state index is 9.66. The Balaban J connectivity index is 2.44. The minimum atomic E-state index is -0.460. The first-order valence-corrected chi connectivity index (χ1v) is 6.85. The average Bonchev–Trinajstić information content (AvgIpc) is 2.39. The second kappa shape index (κ2) is 5.91. The van der Waals surface area contributed by atoms with Crippen molar-refractivity contribution >= 4 is 12.6 Å². The lowest BCUT2D eigenvalue weighted by molar-refractivity contribution is 0.0670. The van der Waals surface area contributed by atoms with Crippen molar-refractivity contribution in [3.05, 3.63) is 23.4 Å². The van der Waals surface area contributed by atoms with Crippen LogP contribution in [0.25, 0.3) is 0 Å². The lowest BCUT2D eigenvalue weighted by Crippen LogP contribution is -2.34. The van der Waals surface area contributed by atoms with E-state index in [9.17, 15) is 5.26 Å². The summed E-state index contributed by atoms with van der Waals surface area (Å²) in [4.78, 5) is 6.57. The number of pyridine rings is 1. The van der Waals surface area contributed by atoms with Crippen molar-refractivity contribution in [3.8, 4) is 6.07 Å². The molecule has 0 unspecified atom stereocenters. The Kier molecular flexibility index (Phi) is 4.46. The molecule has 0 aromatic carbocycles. The van der Waals surface area contributed by atoms with Crippen LogP contribution >= 0.6 is 12.6 Å². The Morgan fingerprint density at radius 3 is 2.68 bits per heavy atom. The standard InChI is InChI=1S/C14H19N3OS/c1-17(2)9-12-11(3-4-13(19)16-12)14(10-15)5-7-18-8-6-14/h3-4H,5-9H2,1-2H3,(H,16,19). The third-order valence-corrected chi connectivity index (χ3v) is 3.75. The van der Waals surface area contributed by atoms with Gasteiger partial charge in [0.15, 0.2) is 0 Å². The highest BCUT2D eigenvalue weighted by Gasteiger charge is 2.37. The fourth-order valence-electron chi connectivity index (χ4n) is 2.51. The van der Waals surface area contributed by atoms with Crippen LogP contribution in [0.3, 0.4) is 0 Å². The number of nitriles is 1. The van der Waals surface area contributed by atoms with Crippen LogP contribution in [0.2, 0.25) is 0 Å². The molecule has 0 atom stereocenters. The molecule has 4 nitrogen and oxygen atoms in total. The maximum atomic E-state index is 9.66. The summed E-state index contributed by atoms with van der Waals surface area (Å²) in [6.07, 6.45) is 1.47. The van der Waals surface area contributed by atoms with Crippen molar-refractivity contribution in [1.29, 1.82) is 5.26 Å². The van der Waals surface area contributed by atoms with E-state index in [1.54, 1.807) is 0 Å². The number of hydrogen-bond donors (Lipinski definition) is 1. The Bertz CT molecular complexity index is 490. The maximum Gasteiger partial charge on any atom is 0.0933 e. The smallest absolute Gasteiger partial charge is 0.0933 e. The summed E-state index contributed by atoms with van der Waals surface area (Å²) in [7, 11) is 4.00. The SMILES string of the molecule is CN(C)Cc1nc(S)ccc1C1(C#N)CCOCC1. The van der Waals surface area contributed by atoms with E-state index >= 15 is 0 Å². The number of rotatable bonds is 3. The highest BCUT2D eigenvalue weighted by atomic mass is 32.1. The van der Waals surface area contributed by atoms with Crippen LogP contribution in [-0.4, -0.2) is 37.2 Å². The largest absolute Gasteiger partial charge is 0.381 e. The van der Waals surface area contributed by atoms with E-state index < -0.39 is 5.41 Å². The van der Waals surface area contributed by atoms with Crippen LogP contribution in [0.15, 0.2) is 17.2 Å². The van der Waals surface area contributed by atoms with Crippen LogP contribution < -0.4 is 0 Å². The normalized spacial score (nSPS) is 18.3. The van der Waals surface area contributed by atoms with Gasteiger partial charge in [0.1, 0.15) is 0 Å². The molecule has 0 amide bonds. The second-order valence-corrected chi connectivity index (χ2v) is 5.67. The number of aromatic nitrogens is 1. The van der Waals surface area contributed by atoms with Gasteiger partial charge in [-0.3, -0.25) is 0 Å². The fourth-order valence-corrected chi connectivity index (χ4v) is 2.70. The quantitative estimate of drug-likeness (QED) is 0.859. The third-order valence-electron chi connectivity index (χ3n) is 3.50. The van der Waals surface area contributed by atoms with E-state index in [-0.39, 0.29) is 0 Å². The van der Waals surface area contributed by atoms with Gasteiger partial charge in [0.05, 0.1) is 22.2 Å². The molecule has 1 saturated heterocycles. The number of nitrogens with zero attached hydrogens (tertiary/aromatic N) is 3. The fraction of sp³-hybridized carbons (Fsp3) is 0.571. The lowest BCUT2D eigenvalue weighted by Gasteiger charge is -2.32. The van der Waals surface area contributed by atoms with Crippen molar-refractivity contribution in [2.24, 2.45) is 0 Å². The zero-order valence-electron chi connectivity index (χ0n) is 11.4. The summed E-state index contributed by atoms with van der Waals surface area (Å²) >= 11 is 4.31. The first-order chi connectivity index (χ1) is 9.07. The van der Waals surface area contributed by atoms with Gasteiger partial charge in [-0.1, -0.05) is 6.07 Å². The van der Waals surface area contributed by atoms with Gasteiger partial charge >= 0.3 is 0 Å². The Hall–Kier alpha value is -1.09. The van der Waals surface area contributed by atoms with Crippen molar-refractivity contribution in [1.82, 2.24) is 9.88 Å². The highest BCUT2D eigenvalue weighted by molar-refractivity contribution is 7.80. The molecule has 1 aromatic rings. The molecule has 1 aromatic heterocycles. The van der Waals surface area contributed by atoms with E-state index in [1.165, 1.54) is 0 Å². The predicted octanol–water partition coefficient (Wildman–Crippen LogP) is 2.00. The Morgan fingerprint density at radius 1 is 1.42 bits per heavy atom. The Labute approximate surface area is 119 Å². The molecular formula is C14H19N3OS. The minimum Gasteiger partial charge on any atom is -0.381 e. The molecule has 0 N–H and O–H groups in total. The summed E-state index contributed by atoms with van der Waals surface area (Å²) in [5.41, 5.74) is 1.52. The summed E-state index contributed by atoms with van der Waals surface area (Å²) in [6, 6.07) is 6.37. The minimum absolute atomic E-state index is 0.460. The van der Waals surface area contributed by atoms with E-state index in [0.717, 1.165) is 24.1 Å². The molecule has 0 radical (unpaired) electrons. The van der Waals surface area contributed by atoms with E-state index in [4.69, 9.17) is 4.74 Å². The molecule has 1 aliphatic rings. The molecular weight excluding hydrogens is 258 g/mol. The number of ether oxygens (including phenoxy) is 1. The van der Waals surface area contributed by atoms with Gasteiger partial charge in [0, 0.05) is 19.8 Å². The molecule has 0 spiro atoms. The molecule has 1 fully saturated rings. The molecule has 0 bridgehead atoms. The highest BCUT2D eigenvalue weighted by Crippen LogP contribution is 2.36. The zero-order chi connectivity index (χ0) is 13.9. The molecule has 0 saturated carbocycles. The summed E-state index contributed by atoms with van der Waals surface area (Å²) in [5, 5.41) is 10.4. The molecule has 102 valence electrons. The molecule has 2 heterocycles. The number of thiol groups is 1. The molecule has 2 rings (SSSR count). The second-order valence-electron chi connectivity index (χ2n) is 5.21. The summed E-state index contributed by atoms with van der Waals surface area (Å²) in [5.74, 6) is 0. The lowest BCUT2D eigenvalue weighted by atomic mass is 9.74. The monoisotopic (exact) mass is 277 g/mol. The van der Waals surface area contributed by atoms with Gasteiger partial charge in [0.2, 0.25) is 0 Å². The topological polar surface area (TPSA) is 49.2 Å². The van der Waals surface area contributed by atoms with E-state index in [2.05, 4.69) is 28.6 Å². The van der Waals surface area contributed by atoms with Crippen molar-refractivity contribution < 1.29 is 4.74 Å². The van der Waals surface area contributed by atoms with Gasteiger partial charge in [-0.15, -0.1) is 12.6 Å². The first kappa shape index (κ1) is 14.3. The summed E-state index contributed by atoms with van der Waals surface area (Å²) < 4.78 is 5.40. The van der Waals surface area contributed by atoms with Gasteiger partial charge in [-0.05, 0) is 38.6 Å². The Morgan fingerprint density at radius 2 is 2.11 bits per heavy atom. The van der Waals surface area contributed by atoms with Crippen LogP contribution in [0.1, 0.15) is 24.1 Å². The molecule has 19 heavy (non-hydrogen) atoms. The van der Waals surface area contributed by atoms with Gasteiger partial charge in [-0.25, -0.2) is 4.98 Å². The van der Waals surface area contributed by atoms with Crippen LogP contribution in [0.4, 0.5) is 0 Å². The first-order valence-electron chi connectivity index (χ1n) is 6.40. The molecule has 1 aliphatic heterocycles. The molecule has 0 aliphatic carbocycles. The van der Waals surface area contributed by atoms with Crippen LogP contribution in [0.5, 0.6) is 0 Å². The van der Waals surface area contributed by atoms with E-state index in [1.807, 2.05) is 26.2 Å². The van der Waals surface area contributed by atoms with Crippen LogP contribution in [0, 0.1) is 11.3 Å². The average molecular weight is 277 g/mol. The summed E-state index contributed by atoms with van der Waals surface area (Å²) in [6.45, 7) is 1.99. The zero-order valence-corrected chi connectivity index (χ0v) is 12.3. The predicted molar refractivity (Wildman–Crippen MR) is 76.2 cm³/mol. The van der Waals surface area contributed by atoms with E-state index in [0.29, 0.717) is 24.8 Å². The van der Waals surface area contributed by atoms with Crippen molar-refractivity contribution in [2.75, 3.05) is 27.3 Å². The number of hydrogen-bond acceptors (Lipinski definition) is 5. The van der Waals surface area contributed by atoms with Crippen molar-refractivity contribution in [3.63, 3.8) is 0 Å². The van der Waals surface area contributed by atoms with Gasteiger partial charge < -0.3 is 9.64 Å².